The summed E-state index contributed by atoms with van der Waals surface area (Å²) in [5, 5.41) is 2.83. The fraction of sp³-hybridized carbons (Fsp3) is 0.278. The number of sulfonamides is 1. The van der Waals surface area contributed by atoms with E-state index in [2.05, 4.69) is 5.32 Å². The molecule has 128 valence electrons. The van der Waals surface area contributed by atoms with Crippen LogP contribution < -0.4 is 9.62 Å². The lowest BCUT2D eigenvalue weighted by atomic mass is 10.1. The molecule has 24 heavy (non-hydrogen) atoms. The summed E-state index contributed by atoms with van der Waals surface area (Å²) in [6, 6.07) is 17.4. The molecular weight excluding hydrogens is 324 g/mol. The fourth-order valence-corrected chi connectivity index (χ4v) is 3.75. The van der Waals surface area contributed by atoms with Gasteiger partial charge in [-0.3, -0.25) is 9.10 Å². The standard InChI is InChI=1S/C18H22N2O3S/c1-3-17(18(21)19-14-15-10-6-4-7-11-15)20(24(2,22)23)16-12-8-5-9-13-16/h4-13,17H,3,14H2,1-2H3,(H,19,21). The van der Waals surface area contributed by atoms with Crippen LogP contribution in [0.5, 0.6) is 0 Å². The van der Waals surface area contributed by atoms with Crippen LogP contribution in [0.3, 0.4) is 0 Å². The van der Waals surface area contributed by atoms with Crippen molar-refractivity contribution in [2.75, 3.05) is 10.6 Å². The quantitative estimate of drug-likeness (QED) is 0.838. The number of carbonyl (C=O) groups excluding carboxylic acids is 1. The third-order valence-corrected chi connectivity index (χ3v) is 4.83. The van der Waals surface area contributed by atoms with Crippen molar-refractivity contribution in [1.29, 1.82) is 0 Å². The van der Waals surface area contributed by atoms with Gasteiger partial charge in [-0.05, 0) is 24.1 Å². The molecule has 0 saturated carbocycles. The van der Waals surface area contributed by atoms with Crippen molar-refractivity contribution in [3.8, 4) is 0 Å². The summed E-state index contributed by atoms with van der Waals surface area (Å²) in [5.41, 5.74) is 1.45. The van der Waals surface area contributed by atoms with E-state index in [0.717, 1.165) is 11.8 Å². The van der Waals surface area contributed by atoms with Gasteiger partial charge in [-0.1, -0.05) is 55.5 Å². The summed E-state index contributed by atoms with van der Waals surface area (Å²) in [7, 11) is -3.58. The minimum Gasteiger partial charge on any atom is -0.350 e. The molecule has 1 atom stereocenters. The van der Waals surface area contributed by atoms with E-state index >= 15 is 0 Å². The van der Waals surface area contributed by atoms with Crippen LogP contribution in [0.25, 0.3) is 0 Å². The maximum atomic E-state index is 12.6. The van der Waals surface area contributed by atoms with Gasteiger partial charge < -0.3 is 5.32 Å². The smallest absolute Gasteiger partial charge is 0.244 e. The van der Waals surface area contributed by atoms with Gasteiger partial charge in [0.15, 0.2) is 0 Å². The van der Waals surface area contributed by atoms with Crippen LogP contribution in [-0.2, 0) is 21.4 Å². The van der Waals surface area contributed by atoms with E-state index in [4.69, 9.17) is 0 Å². The fourth-order valence-electron chi connectivity index (χ4n) is 2.54. The van der Waals surface area contributed by atoms with Crippen LogP contribution in [-0.4, -0.2) is 26.6 Å². The second-order valence-corrected chi connectivity index (χ2v) is 7.38. The summed E-state index contributed by atoms with van der Waals surface area (Å²) in [6.07, 6.45) is 1.50. The van der Waals surface area contributed by atoms with Gasteiger partial charge in [0.25, 0.3) is 0 Å². The zero-order valence-electron chi connectivity index (χ0n) is 13.8. The van der Waals surface area contributed by atoms with Crippen molar-refractivity contribution in [3.63, 3.8) is 0 Å². The maximum absolute atomic E-state index is 12.6. The summed E-state index contributed by atoms with van der Waals surface area (Å²) < 4.78 is 25.7. The van der Waals surface area contributed by atoms with Gasteiger partial charge in [0.1, 0.15) is 6.04 Å². The highest BCUT2D eigenvalue weighted by Crippen LogP contribution is 2.22. The molecule has 1 unspecified atom stereocenters. The van der Waals surface area contributed by atoms with E-state index in [9.17, 15) is 13.2 Å². The Morgan fingerprint density at radius 1 is 1.04 bits per heavy atom. The normalized spacial score (nSPS) is 12.4. The van der Waals surface area contributed by atoms with Crippen LogP contribution in [0.2, 0.25) is 0 Å². The predicted octanol–water partition coefficient (Wildman–Crippen LogP) is 2.55. The first-order chi connectivity index (χ1) is 11.4. The average Bonchev–Trinajstić information content (AvgIpc) is 2.58. The monoisotopic (exact) mass is 346 g/mol. The Bertz CT molecular complexity index is 761. The van der Waals surface area contributed by atoms with Crippen LogP contribution in [0.15, 0.2) is 60.7 Å². The SMILES string of the molecule is CCC(C(=O)NCc1ccccc1)N(c1ccccc1)S(C)(=O)=O. The van der Waals surface area contributed by atoms with E-state index in [1.54, 1.807) is 37.3 Å². The highest BCUT2D eigenvalue weighted by molar-refractivity contribution is 7.92. The molecule has 0 aliphatic heterocycles. The van der Waals surface area contributed by atoms with Crippen LogP contribution >= 0.6 is 0 Å². The third kappa shape index (κ3) is 4.58. The number of carbonyl (C=O) groups is 1. The number of para-hydroxylation sites is 1. The summed E-state index contributed by atoms with van der Waals surface area (Å²) >= 11 is 0. The highest BCUT2D eigenvalue weighted by atomic mass is 32.2. The molecule has 0 spiro atoms. The number of rotatable bonds is 7. The zero-order chi connectivity index (χ0) is 17.6. The Balaban J connectivity index is 2.21. The Morgan fingerprint density at radius 3 is 2.08 bits per heavy atom. The van der Waals surface area contributed by atoms with E-state index in [1.165, 1.54) is 4.31 Å². The molecule has 1 N–H and O–H groups in total. The van der Waals surface area contributed by atoms with E-state index in [-0.39, 0.29) is 5.91 Å². The Kier molecular flexibility index (Phi) is 5.98. The topological polar surface area (TPSA) is 66.5 Å². The molecule has 0 aliphatic carbocycles. The molecule has 0 fully saturated rings. The summed E-state index contributed by atoms with van der Waals surface area (Å²) in [5.74, 6) is -0.310. The minimum atomic E-state index is -3.58. The number of anilines is 1. The minimum absolute atomic E-state index is 0.310. The number of nitrogens with one attached hydrogen (secondary N) is 1. The molecule has 0 aliphatic rings. The van der Waals surface area contributed by atoms with Crippen molar-refractivity contribution in [3.05, 3.63) is 66.2 Å². The van der Waals surface area contributed by atoms with Gasteiger partial charge in [0, 0.05) is 6.54 Å². The summed E-state index contributed by atoms with van der Waals surface area (Å²) in [4.78, 5) is 12.6. The largest absolute Gasteiger partial charge is 0.350 e. The lowest BCUT2D eigenvalue weighted by molar-refractivity contribution is -0.122. The van der Waals surface area contributed by atoms with Crippen LogP contribution in [0, 0.1) is 0 Å². The number of hydrogen-bond donors (Lipinski definition) is 1. The number of hydrogen-bond acceptors (Lipinski definition) is 3. The van der Waals surface area contributed by atoms with Gasteiger partial charge in [0.2, 0.25) is 15.9 Å². The third-order valence-electron chi connectivity index (χ3n) is 3.65. The van der Waals surface area contributed by atoms with Crippen molar-refractivity contribution >= 4 is 21.6 Å². The van der Waals surface area contributed by atoms with Crippen LogP contribution in [0.1, 0.15) is 18.9 Å². The van der Waals surface area contributed by atoms with Gasteiger partial charge in [0.05, 0.1) is 11.9 Å². The molecule has 0 saturated heterocycles. The summed E-state index contributed by atoms with van der Waals surface area (Å²) in [6.45, 7) is 2.16. The predicted molar refractivity (Wildman–Crippen MR) is 96.1 cm³/mol. The molecule has 0 aromatic heterocycles. The highest BCUT2D eigenvalue weighted by Gasteiger charge is 2.31. The Morgan fingerprint density at radius 2 is 1.58 bits per heavy atom. The van der Waals surface area contributed by atoms with E-state index in [0.29, 0.717) is 18.7 Å². The van der Waals surface area contributed by atoms with Gasteiger partial charge in [-0.15, -0.1) is 0 Å². The molecule has 2 aromatic rings. The van der Waals surface area contributed by atoms with Crippen molar-refractivity contribution in [2.45, 2.75) is 25.9 Å². The van der Waals surface area contributed by atoms with Gasteiger partial charge in [-0.25, -0.2) is 8.42 Å². The Hall–Kier alpha value is -2.34. The number of amides is 1. The molecule has 6 heteroatoms. The van der Waals surface area contributed by atoms with Crippen molar-refractivity contribution < 1.29 is 13.2 Å². The molecule has 0 radical (unpaired) electrons. The van der Waals surface area contributed by atoms with Gasteiger partial charge >= 0.3 is 0 Å². The molecule has 5 nitrogen and oxygen atoms in total. The lowest BCUT2D eigenvalue weighted by Gasteiger charge is -2.30. The lowest BCUT2D eigenvalue weighted by Crippen LogP contribution is -2.49. The second kappa shape index (κ2) is 7.97. The maximum Gasteiger partial charge on any atom is 0.244 e. The molecule has 0 bridgehead atoms. The molecular formula is C18H22N2O3S. The zero-order valence-corrected chi connectivity index (χ0v) is 14.7. The molecule has 1 amide bonds. The van der Waals surface area contributed by atoms with E-state index < -0.39 is 16.1 Å². The first kappa shape index (κ1) is 18.0. The number of benzene rings is 2. The number of nitrogens with zero attached hydrogens (tertiary/aromatic N) is 1. The molecule has 2 rings (SSSR count). The van der Waals surface area contributed by atoms with Crippen molar-refractivity contribution in [2.24, 2.45) is 0 Å². The van der Waals surface area contributed by atoms with Gasteiger partial charge in [-0.2, -0.15) is 0 Å². The first-order valence-electron chi connectivity index (χ1n) is 7.79. The average molecular weight is 346 g/mol. The van der Waals surface area contributed by atoms with E-state index in [1.807, 2.05) is 30.3 Å². The second-order valence-electron chi connectivity index (χ2n) is 5.52. The first-order valence-corrected chi connectivity index (χ1v) is 9.64. The molecule has 2 aromatic carbocycles. The van der Waals surface area contributed by atoms with Crippen molar-refractivity contribution in [1.82, 2.24) is 5.32 Å². The Labute approximate surface area is 143 Å². The molecule has 0 heterocycles. The van der Waals surface area contributed by atoms with Crippen LogP contribution in [0.4, 0.5) is 5.69 Å².